The third kappa shape index (κ3) is 1.80. The first-order valence-corrected chi connectivity index (χ1v) is 4.41. The van der Waals surface area contributed by atoms with Gasteiger partial charge in [0.1, 0.15) is 5.82 Å². The van der Waals surface area contributed by atoms with Crippen molar-refractivity contribution in [2.75, 3.05) is 0 Å². The van der Waals surface area contributed by atoms with Crippen LogP contribution in [0, 0.1) is 6.85 Å². The molecule has 2 nitrogen and oxygen atoms in total. The zero-order valence-corrected chi connectivity index (χ0v) is 8.14. The number of imidazole rings is 1. The van der Waals surface area contributed by atoms with E-state index in [0.717, 1.165) is 0 Å². The van der Waals surface area contributed by atoms with Gasteiger partial charge in [-0.2, -0.15) is 0 Å². The molecular formula is C10H9BrN2. The Morgan fingerprint density at radius 3 is 3.15 bits per heavy atom. The highest BCUT2D eigenvalue weighted by atomic mass is 79.9. The van der Waals surface area contributed by atoms with Crippen LogP contribution in [0.15, 0.2) is 35.0 Å². The van der Waals surface area contributed by atoms with E-state index < -0.39 is 6.85 Å². The van der Waals surface area contributed by atoms with Crippen molar-refractivity contribution in [1.82, 2.24) is 9.97 Å². The second kappa shape index (κ2) is 3.34. The van der Waals surface area contributed by atoms with Gasteiger partial charge in [-0.1, -0.05) is 15.9 Å². The van der Waals surface area contributed by atoms with E-state index >= 15 is 0 Å². The first-order chi connectivity index (χ1) is 8.27. The normalized spacial score (nSPS) is 16.8. The average Bonchev–Trinajstić information content (AvgIpc) is 2.57. The topological polar surface area (TPSA) is 28.7 Å². The molecule has 0 aliphatic rings. The molecule has 2 aromatic rings. The summed E-state index contributed by atoms with van der Waals surface area (Å²) in [4.78, 5) is 6.49. The predicted molar refractivity (Wildman–Crippen MR) is 56.5 cm³/mol. The summed E-state index contributed by atoms with van der Waals surface area (Å²) >= 11 is 3.24. The lowest BCUT2D eigenvalue weighted by molar-refractivity contribution is 1.30. The van der Waals surface area contributed by atoms with Crippen molar-refractivity contribution >= 4 is 15.9 Å². The fourth-order valence-corrected chi connectivity index (χ4v) is 1.56. The minimum Gasteiger partial charge on any atom is -0.345 e. The molecule has 1 N–H and O–H groups in total. The number of nitrogens with zero attached hydrogens (tertiary/aromatic N) is 1. The van der Waals surface area contributed by atoms with Crippen molar-refractivity contribution in [2.24, 2.45) is 0 Å². The molecule has 0 fully saturated rings. The number of rotatable bonds is 1. The molecule has 0 saturated heterocycles. The van der Waals surface area contributed by atoms with E-state index in [1.54, 1.807) is 6.07 Å². The van der Waals surface area contributed by atoms with Crippen LogP contribution in [0.2, 0.25) is 0 Å². The van der Waals surface area contributed by atoms with Crippen molar-refractivity contribution in [3.63, 3.8) is 0 Å². The van der Waals surface area contributed by atoms with Gasteiger partial charge >= 0.3 is 0 Å². The SMILES string of the molecule is [2H]c1nc(-c2cc(Br)cc(C([2H])([2H])[2H])c2)[nH]c1[2H]. The zero-order valence-electron chi connectivity index (χ0n) is 11.6. The highest BCUT2D eigenvalue weighted by Gasteiger charge is 2.00. The van der Waals surface area contributed by atoms with E-state index in [-0.39, 0.29) is 17.9 Å². The number of aryl methyl sites for hydroxylation is 1. The summed E-state index contributed by atoms with van der Waals surface area (Å²) in [7, 11) is 0. The molecule has 66 valence electrons. The third-order valence-corrected chi connectivity index (χ3v) is 2.03. The van der Waals surface area contributed by atoms with Gasteiger partial charge in [0.25, 0.3) is 0 Å². The molecule has 0 radical (unpaired) electrons. The van der Waals surface area contributed by atoms with Crippen LogP contribution in [0.1, 0.15) is 12.4 Å². The molecule has 13 heavy (non-hydrogen) atoms. The van der Waals surface area contributed by atoms with Gasteiger partial charge in [0.05, 0.1) is 2.74 Å². The summed E-state index contributed by atoms with van der Waals surface area (Å²) in [5.74, 6) is 0.316. The van der Waals surface area contributed by atoms with Gasteiger partial charge in [-0.05, 0) is 30.6 Å². The summed E-state index contributed by atoms with van der Waals surface area (Å²) in [6.45, 7) is -2.21. The Kier molecular flexibility index (Phi) is 1.14. The molecule has 1 heterocycles. The zero-order chi connectivity index (χ0) is 13.5. The van der Waals surface area contributed by atoms with Gasteiger partial charge in [-0.25, -0.2) is 4.98 Å². The molecule has 0 aliphatic heterocycles. The fourth-order valence-electron chi connectivity index (χ4n) is 1.06. The number of hydrogen-bond acceptors (Lipinski definition) is 1. The lowest BCUT2D eigenvalue weighted by Crippen LogP contribution is -1.82. The van der Waals surface area contributed by atoms with Gasteiger partial charge in [-0.15, -0.1) is 0 Å². The Labute approximate surface area is 92.2 Å². The van der Waals surface area contributed by atoms with E-state index in [1.165, 1.54) is 12.1 Å². The summed E-state index contributed by atoms with van der Waals surface area (Å²) in [5, 5.41) is 0. The Bertz CT molecular complexity index is 571. The smallest absolute Gasteiger partial charge is 0.137 e. The van der Waals surface area contributed by atoms with E-state index in [9.17, 15) is 0 Å². The molecule has 0 atom stereocenters. The Hall–Kier alpha value is -1.09. The van der Waals surface area contributed by atoms with Crippen LogP contribution < -0.4 is 0 Å². The minimum absolute atomic E-state index is 0.0968. The van der Waals surface area contributed by atoms with Crippen molar-refractivity contribution in [3.05, 3.63) is 40.6 Å². The lowest BCUT2D eigenvalue weighted by Gasteiger charge is -2.00. The molecule has 0 spiro atoms. The number of H-pyrrole nitrogens is 1. The molecular weight excluding hydrogens is 228 g/mol. The molecule has 1 aromatic heterocycles. The highest BCUT2D eigenvalue weighted by Crippen LogP contribution is 2.21. The standard InChI is InChI=1S/C10H9BrN2/c1-7-4-8(6-9(11)5-7)10-12-2-3-13-10/h2-6H,1H3,(H,12,13)/i1D3,2D,3D. The number of aromatic amines is 1. The predicted octanol–water partition coefficient (Wildman–Crippen LogP) is 3.15. The van der Waals surface area contributed by atoms with Crippen molar-refractivity contribution in [1.29, 1.82) is 0 Å². The van der Waals surface area contributed by atoms with E-state index in [0.29, 0.717) is 15.9 Å². The summed E-state index contributed by atoms with van der Waals surface area (Å²) in [6.07, 6.45) is -0.263. The molecule has 0 aliphatic carbocycles. The molecule has 1 aromatic carbocycles. The maximum Gasteiger partial charge on any atom is 0.137 e. The third-order valence-electron chi connectivity index (χ3n) is 1.58. The van der Waals surface area contributed by atoms with Crippen molar-refractivity contribution in [2.45, 2.75) is 6.85 Å². The number of aromatic nitrogens is 2. The minimum atomic E-state index is -2.21. The summed E-state index contributed by atoms with van der Waals surface area (Å²) in [5.41, 5.74) is 0.712. The Morgan fingerprint density at radius 1 is 1.54 bits per heavy atom. The summed E-state index contributed by atoms with van der Waals surface area (Å²) in [6, 6.07) is 4.69. The molecule has 0 saturated carbocycles. The highest BCUT2D eigenvalue weighted by molar-refractivity contribution is 9.10. The van der Waals surface area contributed by atoms with Crippen LogP contribution >= 0.6 is 15.9 Å². The molecule has 2 rings (SSSR count). The first kappa shape index (κ1) is 4.42. The maximum atomic E-state index is 7.39. The molecule has 0 unspecified atom stereocenters. The number of nitrogens with one attached hydrogen (secondary N) is 1. The number of hydrogen-bond donors (Lipinski definition) is 1. The largest absolute Gasteiger partial charge is 0.345 e. The van der Waals surface area contributed by atoms with E-state index in [4.69, 9.17) is 6.85 Å². The van der Waals surface area contributed by atoms with Crippen LogP contribution in [-0.4, -0.2) is 9.97 Å². The van der Waals surface area contributed by atoms with Gasteiger partial charge in [0.15, 0.2) is 0 Å². The van der Waals surface area contributed by atoms with Crippen molar-refractivity contribution < 1.29 is 6.85 Å². The lowest BCUT2D eigenvalue weighted by atomic mass is 10.1. The number of benzene rings is 1. The maximum absolute atomic E-state index is 7.39. The first-order valence-electron chi connectivity index (χ1n) is 6.12. The average molecular weight is 242 g/mol. The van der Waals surface area contributed by atoms with Crippen molar-refractivity contribution in [3.8, 4) is 11.4 Å². The van der Waals surface area contributed by atoms with E-state index in [2.05, 4.69) is 25.9 Å². The Balaban J connectivity index is 2.55. The van der Waals surface area contributed by atoms with Crippen LogP contribution in [0.5, 0.6) is 0 Å². The quantitative estimate of drug-likeness (QED) is 0.817. The van der Waals surface area contributed by atoms with Gasteiger partial charge < -0.3 is 4.98 Å². The monoisotopic (exact) mass is 241 g/mol. The van der Waals surface area contributed by atoms with Crippen LogP contribution in [0.25, 0.3) is 11.4 Å². The summed E-state index contributed by atoms with van der Waals surface area (Å²) < 4.78 is 37.5. The molecule has 0 amide bonds. The van der Waals surface area contributed by atoms with E-state index in [1.807, 2.05) is 0 Å². The molecule has 0 bridgehead atoms. The van der Waals surface area contributed by atoms with Gasteiger partial charge in [-0.3, -0.25) is 0 Å². The second-order valence-corrected chi connectivity index (χ2v) is 3.47. The van der Waals surface area contributed by atoms with Crippen LogP contribution in [0.4, 0.5) is 0 Å². The van der Waals surface area contributed by atoms with Crippen LogP contribution in [-0.2, 0) is 0 Å². The van der Waals surface area contributed by atoms with Gasteiger partial charge in [0, 0.05) is 26.5 Å². The Morgan fingerprint density at radius 2 is 2.46 bits per heavy atom. The fraction of sp³-hybridized carbons (Fsp3) is 0.100. The molecule has 3 heteroatoms. The second-order valence-electron chi connectivity index (χ2n) is 2.55. The number of halogens is 1. The van der Waals surface area contributed by atoms with Gasteiger partial charge in [0.2, 0.25) is 0 Å². The van der Waals surface area contributed by atoms with Crippen LogP contribution in [0.3, 0.4) is 0 Å².